The summed E-state index contributed by atoms with van der Waals surface area (Å²) in [6, 6.07) is 0. The van der Waals surface area contributed by atoms with Gasteiger partial charge in [0.2, 0.25) is 0 Å². The van der Waals surface area contributed by atoms with Crippen LogP contribution in [0.25, 0.3) is 0 Å². The Morgan fingerprint density at radius 2 is 1.79 bits per heavy atom. The fraction of sp³-hybridized carbons (Fsp3) is 0.852. The van der Waals surface area contributed by atoms with E-state index in [1.807, 2.05) is 0 Å². The number of cyclic esters (lactones) is 1. The third kappa shape index (κ3) is 4.01. The van der Waals surface area contributed by atoms with E-state index in [-0.39, 0.29) is 40.8 Å². The molecule has 3 aliphatic carbocycles. The monoisotopic (exact) mass is 478 g/mol. The number of aliphatic hydroxyl groups excluding tert-OH is 2. The van der Waals surface area contributed by atoms with Crippen molar-refractivity contribution in [3.8, 4) is 0 Å². The highest BCUT2D eigenvalue weighted by Gasteiger charge is 2.65. The van der Waals surface area contributed by atoms with Crippen molar-refractivity contribution in [2.24, 2.45) is 34.0 Å². The summed E-state index contributed by atoms with van der Waals surface area (Å²) >= 11 is 0. The molecule has 192 valence electrons. The van der Waals surface area contributed by atoms with Gasteiger partial charge in [0, 0.05) is 18.6 Å². The highest BCUT2D eigenvalue weighted by molar-refractivity contribution is 5.86. The number of hydrogen-bond acceptors (Lipinski definition) is 7. The Morgan fingerprint density at radius 1 is 1.12 bits per heavy atom. The van der Waals surface area contributed by atoms with Gasteiger partial charge in [0.05, 0.1) is 18.3 Å². The third-order valence-corrected chi connectivity index (χ3v) is 10.3. The quantitative estimate of drug-likeness (QED) is 0.518. The van der Waals surface area contributed by atoms with Crippen LogP contribution in [0.5, 0.6) is 0 Å². The summed E-state index contributed by atoms with van der Waals surface area (Å²) < 4.78 is 10.2. The Morgan fingerprint density at radius 3 is 2.44 bits per heavy atom. The molecule has 0 aromatic rings. The zero-order valence-electron chi connectivity index (χ0n) is 21.3. The Bertz CT molecular complexity index is 865. The van der Waals surface area contributed by atoms with Crippen LogP contribution in [0.1, 0.15) is 86.0 Å². The molecule has 34 heavy (non-hydrogen) atoms. The molecule has 3 N–H and O–H groups in total. The minimum Gasteiger partial charge on any atom is -0.421 e. The second kappa shape index (κ2) is 8.59. The molecular formula is C27H42O7. The summed E-state index contributed by atoms with van der Waals surface area (Å²) in [5, 5.41) is 33.1. The number of rotatable bonds is 5. The minimum atomic E-state index is -1.32. The van der Waals surface area contributed by atoms with Gasteiger partial charge in [0.15, 0.2) is 0 Å². The smallest absolute Gasteiger partial charge is 0.334 e. The van der Waals surface area contributed by atoms with E-state index in [1.54, 1.807) is 0 Å². The van der Waals surface area contributed by atoms with E-state index in [2.05, 4.69) is 27.7 Å². The molecule has 4 rings (SSSR count). The van der Waals surface area contributed by atoms with Crippen LogP contribution in [-0.4, -0.2) is 51.9 Å². The van der Waals surface area contributed by atoms with Crippen LogP contribution in [0.4, 0.5) is 0 Å². The molecule has 0 aromatic heterocycles. The lowest BCUT2D eigenvalue weighted by Gasteiger charge is -2.68. The van der Waals surface area contributed by atoms with Gasteiger partial charge in [-0.25, -0.2) is 4.79 Å². The summed E-state index contributed by atoms with van der Waals surface area (Å²) in [6.07, 6.45) is 5.86. The van der Waals surface area contributed by atoms with E-state index in [4.69, 9.17) is 9.47 Å². The number of esters is 2. The lowest BCUT2D eigenvalue weighted by molar-refractivity contribution is -0.228. The normalized spacial score (nSPS) is 44.4. The topological polar surface area (TPSA) is 113 Å². The van der Waals surface area contributed by atoms with Crippen molar-refractivity contribution in [3.05, 3.63) is 11.6 Å². The average Bonchev–Trinajstić information content (AvgIpc) is 3.09. The molecule has 7 nitrogen and oxygen atoms in total. The predicted molar refractivity (Wildman–Crippen MR) is 125 cm³/mol. The van der Waals surface area contributed by atoms with Crippen LogP contribution in [0, 0.1) is 34.0 Å². The van der Waals surface area contributed by atoms with Crippen molar-refractivity contribution in [1.82, 2.24) is 0 Å². The minimum absolute atomic E-state index is 0.140. The first-order valence-electron chi connectivity index (χ1n) is 12.9. The first-order chi connectivity index (χ1) is 15.8. The molecule has 3 fully saturated rings. The molecule has 0 aromatic carbocycles. The Kier molecular flexibility index (Phi) is 6.48. The molecule has 0 saturated heterocycles. The van der Waals surface area contributed by atoms with Crippen molar-refractivity contribution in [2.45, 2.75) is 104 Å². The number of carbonyl (C=O) groups is 2. The van der Waals surface area contributed by atoms with Gasteiger partial charge in [-0.05, 0) is 78.9 Å². The summed E-state index contributed by atoms with van der Waals surface area (Å²) in [6.45, 7) is 10.3. The van der Waals surface area contributed by atoms with Gasteiger partial charge >= 0.3 is 11.9 Å². The highest BCUT2D eigenvalue weighted by Crippen LogP contribution is 2.70. The summed E-state index contributed by atoms with van der Waals surface area (Å²) in [5.74, 6) is -0.684. The van der Waals surface area contributed by atoms with Crippen molar-refractivity contribution in [3.63, 3.8) is 0 Å². The van der Waals surface area contributed by atoms with E-state index in [9.17, 15) is 24.9 Å². The van der Waals surface area contributed by atoms with Crippen LogP contribution >= 0.6 is 0 Å². The standard InChI is InChI=1S/C27H42O7/c1-16(29)33-23-17(13-22(31)34-23)18(30)14-21-26(5)11-7-19-24(2,3)9-6-10-25(19,4)20(26)8-12-27(21,32)15-28/h13,18-21,23,28,30,32H,6-12,14-15H2,1-5H3. The number of hydrogen-bond donors (Lipinski definition) is 3. The number of ether oxygens (including phenoxy) is 2. The highest BCUT2D eigenvalue weighted by atomic mass is 16.7. The molecule has 8 unspecified atom stereocenters. The van der Waals surface area contributed by atoms with Crippen molar-refractivity contribution in [1.29, 1.82) is 0 Å². The Hall–Kier alpha value is -1.44. The largest absolute Gasteiger partial charge is 0.421 e. The molecule has 0 spiro atoms. The second-order valence-corrected chi connectivity index (χ2v) is 12.6. The molecule has 1 aliphatic heterocycles. The second-order valence-electron chi connectivity index (χ2n) is 12.6. The predicted octanol–water partition coefficient (Wildman–Crippen LogP) is 3.49. The van der Waals surface area contributed by atoms with Gasteiger partial charge in [-0.3, -0.25) is 4.79 Å². The Labute approximate surface area is 202 Å². The molecule has 0 bridgehead atoms. The van der Waals surface area contributed by atoms with Crippen LogP contribution in [0.3, 0.4) is 0 Å². The lowest BCUT2D eigenvalue weighted by Crippen LogP contribution is -2.64. The fourth-order valence-electron chi connectivity index (χ4n) is 8.89. The van der Waals surface area contributed by atoms with E-state index >= 15 is 0 Å². The van der Waals surface area contributed by atoms with Gasteiger partial charge in [0.25, 0.3) is 6.29 Å². The molecule has 8 atom stereocenters. The first-order valence-corrected chi connectivity index (χ1v) is 12.9. The van der Waals surface area contributed by atoms with E-state index < -0.39 is 29.9 Å². The van der Waals surface area contributed by atoms with Gasteiger partial charge in [-0.1, -0.05) is 34.1 Å². The van der Waals surface area contributed by atoms with Crippen LogP contribution in [-0.2, 0) is 19.1 Å². The number of carbonyl (C=O) groups excluding carboxylic acids is 2. The number of aliphatic hydroxyl groups is 3. The summed E-state index contributed by atoms with van der Waals surface area (Å²) in [5.41, 5.74) is -0.986. The Balaban J connectivity index is 1.66. The van der Waals surface area contributed by atoms with Gasteiger partial charge in [-0.2, -0.15) is 0 Å². The molecular weight excluding hydrogens is 436 g/mol. The molecule has 7 heteroatoms. The van der Waals surface area contributed by atoms with E-state index in [0.717, 1.165) is 25.7 Å². The molecule has 0 radical (unpaired) electrons. The van der Waals surface area contributed by atoms with Crippen molar-refractivity contribution < 1.29 is 34.4 Å². The van der Waals surface area contributed by atoms with E-state index in [0.29, 0.717) is 18.3 Å². The van der Waals surface area contributed by atoms with Gasteiger partial charge < -0.3 is 24.8 Å². The first kappa shape index (κ1) is 25.6. The maximum Gasteiger partial charge on any atom is 0.334 e. The lowest BCUT2D eigenvalue weighted by atomic mass is 9.38. The van der Waals surface area contributed by atoms with Crippen LogP contribution in [0.2, 0.25) is 0 Å². The van der Waals surface area contributed by atoms with Gasteiger partial charge in [0.1, 0.15) is 0 Å². The van der Waals surface area contributed by atoms with Crippen LogP contribution in [0.15, 0.2) is 11.6 Å². The van der Waals surface area contributed by atoms with Gasteiger partial charge in [-0.15, -0.1) is 0 Å². The number of fused-ring (bicyclic) bond motifs is 3. The molecule has 3 saturated carbocycles. The zero-order valence-corrected chi connectivity index (χ0v) is 21.3. The van der Waals surface area contributed by atoms with Crippen molar-refractivity contribution >= 4 is 11.9 Å². The maximum absolute atomic E-state index is 11.9. The van der Waals surface area contributed by atoms with Crippen LogP contribution < -0.4 is 0 Å². The molecule has 4 aliphatic rings. The van der Waals surface area contributed by atoms with Crippen molar-refractivity contribution in [2.75, 3.05) is 6.61 Å². The maximum atomic E-state index is 11.9. The summed E-state index contributed by atoms with van der Waals surface area (Å²) in [7, 11) is 0. The average molecular weight is 479 g/mol. The third-order valence-electron chi connectivity index (χ3n) is 10.3. The SMILES string of the molecule is CC(=O)OC1OC(=O)C=C1C(O)CC1C(O)(CO)CCC2C3(C)CCCC(C)(C)C3CCC12C. The van der Waals surface area contributed by atoms with E-state index in [1.165, 1.54) is 25.8 Å². The zero-order chi connectivity index (χ0) is 25.1. The molecule has 1 heterocycles. The molecule has 0 amide bonds. The fourth-order valence-corrected chi connectivity index (χ4v) is 8.89. The summed E-state index contributed by atoms with van der Waals surface area (Å²) in [4.78, 5) is 23.4.